The Bertz CT molecular complexity index is 1480. The third-order valence-corrected chi connectivity index (χ3v) is 7.29. The number of nitrogens with two attached hydrogens (primary N) is 1. The van der Waals surface area contributed by atoms with Gasteiger partial charge < -0.3 is 24.1 Å². The van der Waals surface area contributed by atoms with Crippen molar-refractivity contribution in [3.63, 3.8) is 0 Å². The van der Waals surface area contributed by atoms with E-state index in [9.17, 15) is 14.2 Å². The van der Waals surface area contributed by atoms with E-state index in [1.807, 2.05) is 0 Å². The molecule has 1 unspecified atom stereocenters. The van der Waals surface area contributed by atoms with Crippen LogP contribution in [0, 0.1) is 0 Å². The minimum atomic E-state index is -3.71. The van der Waals surface area contributed by atoms with Gasteiger partial charge in [-0.2, -0.15) is 4.98 Å². The topological polar surface area (TPSA) is 151 Å². The van der Waals surface area contributed by atoms with E-state index in [1.165, 1.54) is 6.33 Å². The van der Waals surface area contributed by atoms with Crippen molar-refractivity contribution in [3.05, 3.63) is 87.4 Å². The van der Waals surface area contributed by atoms with Gasteiger partial charge in [-0.1, -0.05) is 54.1 Å². The molecule has 0 radical (unpaired) electrons. The molecule has 0 fully saturated rings. The standard InChI is InChI=1S/C24H25ClN5O6P/c25-19-8-4-5-17(13-19)14-35-37(33,36-15-20(31)18-6-2-1-3-7-18)12-11-34-10-9-30-16-27-21-22(30)28-24(26)29-23(21)32/h1-8,13,16H,9-12,14-15H2,(H3,26,28,29,32). The molecule has 0 bridgehead atoms. The number of hydrogen-bond donors (Lipinski definition) is 2. The fourth-order valence-electron chi connectivity index (χ4n) is 3.41. The van der Waals surface area contributed by atoms with Gasteiger partial charge in [-0.25, -0.2) is 4.98 Å². The first-order chi connectivity index (χ1) is 17.8. The molecule has 2 heterocycles. The second-order valence-corrected chi connectivity index (χ2v) is 10.6. The Balaban J connectivity index is 1.34. The van der Waals surface area contributed by atoms with Gasteiger partial charge in [0.1, 0.15) is 6.61 Å². The summed E-state index contributed by atoms with van der Waals surface area (Å²) >= 11 is 6.02. The van der Waals surface area contributed by atoms with Gasteiger partial charge >= 0.3 is 7.60 Å². The summed E-state index contributed by atoms with van der Waals surface area (Å²) in [6.45, 7) is 0.152. The van der Waals surface area contributed by atoms with Crippen LogP contribution in [0.25, 0.3) is 11.2 Å². The molecule has 1 atom stereocenters. The van der Waals surface area contributed by atoms with Crippen molar-refractivity contribution >= 4 is 42.1 Å². The second-order valence-electron chi connectivity index (χ2n) is 7.97. The number of carbonyl (C=O) groups excluding carboxylic acids is 1. The zero-order valence-electron chi connectivity index (χ0n) is 19.7. The number of fused-ring (bicyclic) bond motifs is 1. The number of aromatic amines is 1. The molecule has 0 saturated heterocycles. The number of H-pyrrole nitrogens is 1. The molecule has 37 heavy (non-hydrogen) atoms. The number of hydrogen-bond acceptors (Lipinski definition) is 9. The van der Waals surface area contributed by atoms with Crippen molar-refractivity contribution in [1.82, 2.24) is 19.5 Å². The van der Waals surface area contributed by atoms with E-state index >= 15 is 0 Å². The van der Waals surface area contributed by atoms with E-state index in [0.29, 0.717) is 28.3 Å². The predicted molar refractivity (Wildman–Crippen MR) is 139 cm³/mol. The first-order valence-corrected chi connectivity index (χ1v) is 13.4. The average Bonchev–Trinajstić information content (AvgIpc) is 3.29. The number of ketones is 1. The number of ether oxygens (including phenoxy) is 1. The number of rotatable bonds is 13. The Labute approximate surface area is 217 Å². The van der Waals surface area contributed by atoms with Crippen LogP contribution in [0.15, 0.2) is 65.7 Å². The molecule has 0 aliphatic carbocycles. The first-order valence-electron chi connectivity index (χ1n) is 11.3. The molecule has 0 aliphatic heterocycles. The van der Waals surface area contributed by atoms with Crippen molar-refractivity contribution < 1.29 is 23.1 Å². The van der Waals surface area contributed by atoms with E-state index in [0.717, 1.165) is 0 Å². The van der Waals surface area contributed by atoms with E-state index in [4.69, 9.17) is 31.1 Å². The van der Waals surface area contributed by atoms with Crippen LogP contribution >= 0.6 is 19.2 Å². The van der Waals surface area contributed by atoms with Gasteiger partial charge in [-0.05, 0) is 17.7 Å². The summed E-state index contributed by atoms with van der Waals surface area (Å²) in [5, 5.41) is 0.518. The van der Waals surface area contributed by atoms with Crippen LogP contribution in [-0.2, 0) is 31.5 Å². The Morgan fingerprint density at radius 2 is 1.92 bits per heavy atom. The highest BCUT2D eigenvalue weighted by atomic mass is 35.5. The molecule has 4 rings (SSSR count). The van der Waals surface area contributed by atoms with Crippen LogP contribution in [-0.4, -0.2) is 51.3 Å². The monoisotopic (exact) mass is 545 g/mol. The lowest BCUT2D eigenvalue weighted by molar-refractivity contribution is 0.0885. The Morgan fingerprint density at radius 1 is 1.11 bits per heavy atom. The maximum Gasteiger partial charge on any atom is 0.333 e. The van der Waals surface area contributed by atoms with E-state index in [-0.39, 0.29) is 43.2 Å². The van der Waals surface area contributed by atoms with Crippen molar-refractivity contribution in [2.24, 2.45) is 0 Å². The number of anilines is 1. The molecule has 3 N–H and O–H groups in total. The number of benzene rings is 2. The van der Waals surface area contributed by atoms with Gasteiger partial charge in [-0.3, -0.25) is 19.1 Å². The SMILES string of the molecule is Nc1nc2c(ncn2CCOCCP(=O)(OCC(=O)c2ccccc2)OCc2cccc(Cl)c2)c(=O)[nH]1. The maximum absolute atomic E-state index is 13.5. The first kappa shape index (κ1) is 26.7. The molecule has 2 aromatic heterocycles. The highest BCUT2D eigenvalue weighted by Gasteiger charge is 2.26. The molecule has 13 heteroatoms. The Morgan fingerprint density at radius 3 is 2.70 bits per heavy atom. The Hall–Kier alpha value is -3.34. The quantitative estimate of drug-likeness (QED) is 0.145. The number of halogens is 1. The summed E-state index contributed by atoms with van der Waals surface area (Å²) in [5.74, 6) is -0.331. The van der Waals surface area contributed by atoms with Crippen LogP contribution in [0.2, 0.25) is 5.02 Å². The van der Waals surface area contributed by atoms with Crippen LogP contribution < -0.4 is 11.3 Å². The molecule has 194 valence electrons. The van der Waals surface area contributed by atoms with Gasteiger partial charge in [0.25, 0.3) is 5.56 Å². The molecule has 0 saturated carbocycles. The minimum Gasteiger partial charge on any atom is -0.379 e. The van der Waals surface area contributed by atoms with Crippen molar-refractivity contribution in [1.29, 1.82) is 0 Å². The molecular formula is C24H25ClN5O6P. The normalized spacial score (nSPS) is 13.0. The third-order valence-electron chi connectivity index (χ3n) is 5.28. The van der Waals surface area contributed by atoms with Gasteiger partial charge in [0, 0.05) is 17.1 Å². The van der Waals surface area contributed by atoms with Crippen LogP contribution in [0.5, 0.6) is 0 Å². The molecule has 0 spiro atoms. The average molecular weight is 546 g/mol. The molecule has 4 aromatic rings. The predicted octanol–water partition coefficient (Wildman–Crippen LogP) is 3.68. The van der Waals surface area contributed by atoms with E-state index < -0.39 is 19.8 Å². The summed E-state index contributed by atoms with van der Waals surface area (Å²) in [6, 6.07) is 15.5. The fraction of sp³-hybridized carbons (Fsp3) is 0.250. The lowest BCUT2D eigenvalue weighted by Gasteiger charge is -2.19. The number of Topliss-reactive ketones (excluding diaryl/α,β-unsaturated/α-hetero) is 1. The maximum atomic E-state index is 13.5. The number of carbonyl (C=O) groups is 1. The zero-order valence-corrected chi connectivity index (χ0v) is 21.4. The minimum absolute atomic E-state index is 0.0137. The van der Waals surface area contributed by atoms with Gasteiger partial charge in [0.05, 0.1) is 32.3 Å². The molecule has 11 nitrogen and oxygen atoms in total. The lowest BCUT2D eigenvalue weighted by atomic mass is 10.1. The van der Waals surface area contributed by atoms with Crippen LogP contribution in [0.4, 0.5) is 5.95 Å². The smallest absolute Gasteiger partial charge is 0.333 e. The number of imidazole rings is 1. The van der Waals surface area contributed by atoms with Crippen LogP contribution in [0.3, 0.4) is 0 Å². The number of nitrogen functional groups attached to an aromatic ring is 1. The number of nitrogens with one attached hydrogen (secondary N) is 1. The van der Waals surface area contributed by atoms with Crippen LogP contribution in [0.1, 0.15) is 15.9 Å². The number of nitrogens with zero attached hydrogens (tertiary/aromatic N) is 3. The van der Waals surface area contributed by atoms with Gasteiger partial charge in [-0.15, -0.1) is 0 Å². The summed E-state index contributed by atoms with van der Waals surface area (Å²) in [4.78, 5) is 34.9. The zero-order chi connectivity index (χ0) is 26.3. The summed E-state index contributed by atoms with van der Waals surface area (Å²) in [5.41, 5.74) is 6.85. The second kappa shape index (κ2) is 12.3. The number of aromatic nitrogens is 4. The lowest BCUT2D eigenvalue weighted by Crippen LogP contribution is -2.14. The summed E-state index contributed by atoms with van der Waals surface area (Å²) in [7, 11) is -3.71. The molecule has 0 aliphatic rings. The summed E-state index contributed by atoms with van der Waals surface area (Å²) < 4.78 is 31.9. The summed E-state index contributed by atoms with van der Waals surface area (Å²) in [6.07, 6.45) is 1.39. The van der Waals surface area contributed by atoms with Crippen molar-refractivity contribution in [2.75, 3.05) is 31.7 Å². The molecule has 0 amide bonds. The van der Waals surface area contributed by atoms with Crippen molar-refractivity contribution in [3.8, 4) is 0 Å². The fourth-order valence-corrected chi connectivity index (χ4v) is 4.96. The van der Waals surface area contributed by atoms with E-state index in [1.54, 1.807) is 59.2 Å². The van der Waals surface area contributed by atoms with E-state index in [2.05, 4.69) is 15.0 Å². The highest BCUT2D eigenvalue weighted by molar-refractivity contribution is 7.53. The Kier molecular flexibility index (Phi) is 8.86. The van der Waals surface area contributed by atoms with Gasteiger partial charge in [0.15, 0.2) is 16.9 Å². The highest BCUT2D eigenvalue weighted by Crippen LogP contribution is 2.48. The molecule has 2 aromatic carbocycles. The van der Waals surface area contributed by atoms with Gasteiger partial charge in [0.2, 0.25) is 5.95 Å². The molecular weight excluding hydrogens is 521 g/mol. The van der Waals surface area contributed by atoms with Crippen molar-refractivity contribution in [2.45, 2.75) is 13.2 Å². The third kappa shape index (κ3) is 7.34. The largest absolute Gasteiger partial charge is 0.379 e.